The van der Waals surface area contributed by atoms with Crippen molar-refractivity contribution in [2.75, 3.05) is 0 Å². The Balaban J connectivity index is 2.97. The van der Waals surface area contributed by atoms with Crippen LogP contribution in [-0.2, 0) is 9.53 Å². The van der Waals surface area contributed by atoms with E-state index in [1.54, 1.807) is 11.0 Å². The number of ketones is 1. The SMILES string of the molecule is CC(C)N(C(=O)O/C=C\[C@H](C(=O)C(C)(C)C)c1ccccc1)C(C)C. The van der Waals surface area contributed by atoms with Gasteiger partial charge >= 0.3 is 6.09 Å². The molecule has 1 aromatic carbocycles. The van der Waals surface area contributed by atoms with Gasteiger partial charge in [-0.15, -0.1) is 0 Å². The smallest absolute Gasteiger partial charge is 0.415 e. The van der Waals surface area contributed by atoms with E-state index in [1.165, 1.54) is 6.26 Å². The highest BCUT2D eigenvalue weighted by atomic mass is 16.5. The number of amides is 1. The number of carbonyl (C=O) groups is 2. The zero-order chi connectivity index (χ0) is 19.2. The summed E-state index contributed by atoms with van der Waals surface area (Å²) in [5.41, 5.74) is 0.399. The molecule has 4 nitrogen and oxygen atoms in total. The molecule has 1 rings (SSSR count). The standard InChI is InChI=1S/C21H31NO3/c1-15(2)22(16(3)4)20(24)25-14-13-18(19(23)21(5,6)7)17-11-9-8-10-12-17/h8-16,18H,1-7H3/b14-13-/t18-/m0/s1. The van der Waals surface area contributed by atoms with E-state index in [4.69, 9.17) is 4.74 Å². The van der Waals surface area contributed by atoms with Crippen molar-refractivity contribution in [3.63, 3.8) is 0 Å². The molecule has 1 amide bonds. The zero-order valence-corrected chi connectivity index (χ0v) is 16.4. The van der Waals surface area contributed by atoms with Crippen molar-refractivity contribution in [1.82, 2.24) is 4.90 Å². The lowest BCUT2D eigenvalue weighted by Gasteiger charge is -2.29. The van der Waals surface area contributed by atoms with Crippen LogP contribution in [0.5, 0.6) is 0 Å². The Kier molecular flexibility index (Phi) is 7.40. The summed E-state index contributed by atoms with van der Waals surface area (Å²) in [5.74, 6) is -0.365. The monoisotopic (exact) mass is 345 g/mol. The summed E-state index contributed by atoms with van der Waals surface area (Å²) in [6, 6.07) is 9.62. The molecule has 0 radical (unpaired) electrons. The first-order valence-electron chi connectivity index (χ1n) is 8.80. The number of nitrogens with zero attached hydrogens (tertiary/aromatic N) is 1. The van der Waals surface area contributed by atoms with Crippen molar-refractivity contribution < 1.29 is 14.3 Å². The fraction of sp³-hybridized carbons (Fsp3) is 0.524. The molecule has 0 aliphatic heterocycles. The van der Waals surface area contributed by atoms with Crippen molar-refractivity contribution >= 4 is 11.9 Å². The fourth-order valence-electron chi connectivity index (χ4n) is 2.73. The molecule has 0 aliphatic carbocycles. The number of rotatable bonds is 6. The lowest BCUT2D eigenvalue weighted by atomic mass is 9.80. The largest absolute Gasteiger partial charge is 0.418 e. The molecule has 138 valence electrons. The van der Waals surface area contributed by atoms with Gasteiger partial charge in [0.2, 0.25) is 0 Å². The van der Waals surface area contributed by atoms with Gasteiger partial charge in [-0.1, -0.05) is 51.1 Å². The predicted molar refractivity (Wildman–Crippen MR) is 101 cm³/mol. The lowest BCUT2D eigenvalue weighted by molar-refractivity contribution is -0.126. The number of carbonyl (C=O) groups excluding carboxylic acids is 2. The first kappa shape index (κ1) is 20.9. The molecule has 0 N–H and O–H groups in total. The third-order valence-corrected chi connectivity index (χ3v) is 3.94. The molecule has 0 fully saturated rings. The molecule has 0 unspecified atom stereocenters. The van der Waals surface area contributed by atoms with Crippen LogP contribution in [0.25, 0.3) is 0 Å². The normalized spacial score (nSPS) is 13.3. The van der Waals surface area contributed by atoms with Crippen molar-refractivity contribution in [2.24, 2.45) is 5.41 Å². The molecule has 25 heavy (non-hydrogen) atoms. The van der Waals surface area contributed by atoms with Gasteiger partial charge in [0, 0.05) is 17.5 Å². The van der Waals surface area contributed by atoms with Gasteiger partial charge in [0.25, 0.3) is 0 Å². The zero-order valence-electron chi connectivity index (χ0n) is 16.4. The molecular weight excluding hydrogens is 314 g/mol. The van der Waals surface area contributed by atoms with Gasteiger partial charge in [0.15, 0.2) is 0 Å². The number of Topliss-reactive ketones (excluding diaryl/α,β-unsaturated/α-hetero) is 1. The van der Waals surface area contributed by atoms with Gasteiger partial charge in [0.05, 0.1) is 12.2 Å². The Morgan fingerprint density at radius 2 is 1.52 bits per heavy atom. The van der Waals surface area contributed by atoms with E-state index in [0.29, 0.717) is 0 Å². The number of ether oxygens (including phenoxy) is 1. The van der Waals surface area contributed by atoms with Gasteiger partial charge in [-0.3, -0.25) is 4.79 Å². The summed E-state index contributed by atoms with van der Waals surface area (Å²) in [6.07, 6.45) is 2.61. The number of benzene rings is 1. The molecule has 4 heteroatoms. The van der Waals surface area contributed by atoms with Crippen molar-refractivity contribution in [3.05, 3.63) is 48.2 Å². The van der Waals surface area contributed by atoms with Crippen LogP contribution in [0.3, 0.4) is 0 Å². The van der Waals surface area contributed by atoms with Crippen LogP contribution in [0.15, 0.2) is 42.7 Å². The minimum Gasteiger partial charge on any atom is -0.418 e. The van der Waals surface area contributed by atoms with E-state index in [0.717, 1.165) is 5.56 Å². The summed E-state index contributed by atoms with van der Waals surface area (Å²) in [7, 11) is 0. The molecule has 0 aliphatic rings. The van der Waals surface area contributed by atoms with E-state index in [1.807, 2.05) is 78.8 Å². The molecule has 1 aromatic rings. The van der Waals surface area contributed by atoms with Crippen LogP contribution in [0.1, 0.15) is 59.9 Å². The second-order valence-electron chi connectivity index (χ2n) is 7.81. The van der Waals surface area contributed by atoms with E-state index >= 15 is 0 Å². The van der Waals surface area contributed by atoms with Crippen LogP contribution >= 0.6 is 0 Å². The van der Waals surface area contributed by atoms with Crippen LogP contribution in [-0.4, -0.2) is 28.9 Å². The van der Waals surface area contributed by atoms with Crippen LogP contribution < -0.4 is 0 Å². The van der Waals surface area contributed by atoms with E-state index in [-0.39, 0.29) is 17.9 Å². The summed E-state index contributed by atoms with van der Waals surface area (Å²) < 4.78 is 5.30. The fourth-order valence-corrected chi connectivity index (χ4v) is 2.73. The highest BCUT2D eigenvalue weighted by Gasteiger charge is 2.29. The Labute approximate surface area is 151 Å². The molecular formula is C21H31NO3. The molecule has 0 saturated heterocycles. The highest BCUT2D eigenvalue weighted by Crippen LogP contribution is 2.28. The van der Waals surface area contributed by atoms with Crippen LogP contribution in [0.4, 0.5) is 4.79 Å². The Morgan fingerprint density at radius 1 is 1.00 bits per heavy atom. The van der Waals surface area contributed by atoms with Crippen molar-refractivity contribution in [1.29, 1.82) is 0 Å². The molecule has 0 saturated carbocycles. The van der Waals surface area contributed by atoms with E-state index in [2.05, 4.69) is 0 Å². The molecule has 0 bridgehead atoms. The first-order valence-corrected chi connectivity index (χ1v) is 8.80. The summed E-state index contributed by atoms with van der Waals surface area (Å²) in [6.45, 7) is 13.5. The maximum absolute atomic E-state index is 12.8. The van der Waals surface area contributed by atoms with Crippen molar-refractivity contribution in [2.45, 2.75) is 66.5 Å². The predicted octanol–water partition coefficient (Wildman–Crippen LogP) is 5.15. The Bertz CT molecular complexity index is 589. The minimum atomic E-state index is -0.489. The van der Waals surface area contributed by atoms with Crippen molar-refractivity contribution in [3.8, 4) is 0 Å². The molecule has 1 atom stereocenters. The first-order chi connectivity index (χ1) is 11.6. The average molecular weight is 345 g/mol. The highest BCUT2D eigenvalue weighted by molar-refractivity contribution is 5.91. The Hall–Kier alpha value is -2.10. The maximum Gasteiger partial charge on any atom is 0.415 e. The molecule has 0 spiro atoms. The number of allylic oxidation sites excluding steroid dienone is 1. The Morgan fingerprint density at radius 3 is 1.96 bits per heavy atom. The van der Waals surface area contributed by atoms with Crippen LogP contribution in [0.2, 0.25) is 0 Å². The minimum absolute atomic E-state index is 0.0435. The van der Waals surface area contributed by atoms with Crippen LogP contribution in [0, 0.1) is 5.41 Å². The quantitative estimate of drug-likeness (QED) is 0.669. The van der Waals surface area contributed by atoms with Gasteiger partial charge in [-0.2, -0.15) is 0 Å². The van der Waals surface area contributed by atoms with E-state index in [9.17, 15) is 9.59 Å². The maximum atomic E-state index is 12.8. The topological polar surface area (TPSA) is 46.6 Å². The second-order valence-corrected chi connectivity index (χ2v) is 7.81. The van der Waals surface area contributed by atoms with Gasteiger partial charge in [-0.05, 0) is 39.3 Å². The third kappa shape index (κ3) is 6.04. The summed E-state index contributed by atoms with van der Waals surface area (Å²) in [4.78, 5) is 26.7. The van der Waals surface area contributed by atoms with E-state index < -0.39 is 17.4 Å². The summed E-state index contributed by atoms with van der Waals surface area (Å²) in [5, 5.41) is 0. The molecule has 0 heterocycles. The second kappa shape index (κ2) is 8.84. The molecule has 0 aromatic heterocycles. The third-order valence-electron chi connectivity index (χ3n) is 3.94. The van der Waals surface area contributed by atoms with Gasteiger partial charge in [-0.25, -0.2) is 4.79 Å². The number of hydrogen-bond donors (Lipinski definition) is 0. The van der Waals surface area contributed by atoms with Gasteiger partial charge < -0.3 is 9.64 Å². The number of hydrogen-bond acceptors (Lipinski definition) is 3. The lowest BCUT2D eigenvalue weighted by Crippen LogP contribution is -2.41. The summed E-state index contributed by atoms with van der Waals surface area (Å²) >= 11 is 0. The average Bonchev–Trinajstić information content (AvgIpc) is 2.50. The van der Waals surface area contributed by atoms with Gasteiger partial charge in [0.1, 0.15) is 5.78 Å².